The van der Waals surface area contributed by atoms with E-state index >= 15 is 0 Å². The number of rotatable bonds is 1. The van der Waals surface area contributed by atoms with E-state index in [1.807, 2.05) is 0 Å². The van der Waals surface area contributed by atoms with Gasteiger partial charge < -0.3 is 10.4 Å². The summed E-state index contributed by atoms with van der Waals surface area (Å²) in [7, 11) is 0. The van der Waals surface area contributed by atoms with Crippen molar-refractivity contribution in [1.82, 2.24) is 5.32 Å². The molecule has 1 spiro atoms. The van der Waals surface area contributed by atoms with E-state index in [0.717, 1.165) is 12.8 Å². The molecule has 0 aromatic carbocycles. The second-order valence-corrected chi connectivity index (χ2v) is 3.34. The van der Waals surface area contributed by atoms with E-state index in [0.29, 0.717) is 0 Å². The zero-order valence-corrected chi connectivity index (χ0v) is 6.01. The van der Waals surface area contributed by atoms with Crippen molar-refractivity contribution in [3.05, 3.63) is 0 Å². The van der Waals surface area contributed by atoms with Gasteiger partial charge in [0.2, 0.25) is 0 Å². The van der Waals surface area contributed by atoms with Gasteiger partial charge in [0, 0.05) is 5.41 Å². The van der Waals surface area contributed by atoms with Crippen molar-refractivity contribution >= 4 is 5.91 Å². The fourth-order valence-electron chi connectivity index (χ4n) is 1.80. The molecule has 2 atom stereocenters. The van der Waals surface area contributed by atoms with E-state index < -0.39 is 17.5 Å². The Morgan fingerprint density at radius 1 is 1.73 bits per heavy atom. The summed E-state index contributed by atoms with van der Waals surface area (Å²) in [6, 6.07) is -0.343. The third kappa shape index (κ3) is 0.730. The van der Waals surface area contributed by atoms with Crippen LogP contribution >= 0.6 is 0 Å². The molecule has 0 aromatic heterocycles. The molecule has 2 rings (SSSR count). The van der Waals surface area contributed by atoms with Crippen LogP contribution in [0.4, 0.5) is 4.39 Å². The molecule has 2 fully saturated rings. The minimum atomic E-state index is -1.39. The van der Waals surface area contributed by atoms with Gasteiger partial charge in [0.15, 0.2) is 6.17 Å². The van der Waals surface area contributed by atoms with E-state index in [1.165, 1.54) is 0 Å². The zero-order valence-electron chi connectivity index (χ0n) is 6.01. The van der Waals surface area contributed by atoms with Crippen molar-refractivity contribution in [1.29, 1.82) is 0 Å². The lowest BCUT2D eigenvalue weighted by Crippen LogP contribution is -2.33. The minimum absolute atomic E-state index is 0.147. The standard InChI is InChI=1S/C7H10FNO2/c8-5-6(11)9-4(3-10)7(5)1-2-7/h4-5,10H,1-3H2,(H,9,11)/t4?,5-/m1/s1. The lowest BCUT2D eigenvalue weighted by Gasteiger charge is -2.14. The van der Waals surface area contributed by atoms with Gasteiger partial charge in [-0.25, -0.2) is 4.39 Å². The topological polar surface area (TPSA) is 49.3 Å². The van der Waals surface area contributed by atoms with Crippen LogP contribution in [0.5, 0.6) is 0 Å². The first kappa shape index (κ1) is 7.03. The average molecular weight is 159 g/mol. The molecule has 1 unspecified atom stereocenters. The molecule has 1 heterocycles. The Morgan fingerprint density at radius 3 is 2.73 bits per heavy atom. The van der Waals surface area contributed by atoms with Crippen molar-refractivity contribution in [2.45, 2.75) is 25.1 Å². The maximum Gasteiger partial charge on any atom is 0.255 e. The van der Waals surface area contributed by atoms with Gasteiger partial charge >= 0.3 is 0 Å². The lowest BCUT2D eigenvalue weighted by atomic mass is 9.96. The lowest BCUT2D eigenvalue weighted by molar-refractivity contribution is -0.124. The van der Waals surface area contributed by atoms with Crippen LogP contribution in [-0.2, 0) is 4.79 Å². The summed E-state index contributed by atoms with van der Waals surface area (Å²) in [4.78, 5) is 10.8. The molecule has 1 saturated heterocycles. The van der Waals surface area contributed by atoms with Crippen molar-refractivity contribution < 1.29 is 14.3 Å². The molecule has 2 N–H and O–H groups in total. The highest BCUT2D eigenvalue weighted by molar-refractivity contribution is 5.85. The van der Waals surface area contributed by atoms with Gasteiger partial charge in [-0.1, -0.05) is 0 Å². The van der Waals surface area contributed by atoms with E-state index in [9.17, 15) is 9.18 Å². The third-order valence-corrected chi connectivity index (χ3v) is 2.76. The normalized spacial score (nSPS) is 39.3. The van der Waals surface area contributed by atoms with E-state index in [-0.39, 0.29) is 12.6 Å². The largest absolute Gasteiger partial charge is 0.394 e. The summed E-state index contributed by atoms with van der Waals surface area (Å²) in [6.45, 7) is -0.147. The molecule has 11 heavy (non-hydrogen) atoms. The van der Waals surface area contributed by atoms with Crippen molar-refractivity contribution in [3.63, 3.8) is 0 Å². The Labute approximate surface area is 63.6 Å². The van der Waals surface area contributed by atoms with Crippen molar-refractivity contribution in [2.75, 3.05) is 6.61 Å². The maximum atomic E-state index is 13.1. The molecule has 0 radical (unpaired) electrons. The van der Waals surface area contributed by atoms with Crippen LogP contribution in [0.2, 0.25) is 0 Å². The number of nitrogens with one attached hydrogen (secondary N) is 1. The fraction of sp³-hybridized carbons (Fsp3) is 0.857. The quantitative estimate of drug-likeness (QED) is 0.546. The number of hydrogen-bond donors (Lipinski definition) is 2. The first-order chi connectivity index (χ1) is 5.20. The second kappa shape index (κ2) is 1.94. The second-order valence-electron chi connectivity index (χ2n) is 3.34. The molecule has 3 nitrogen and oxygen atoms in total. The maximum absolute atomic E-state index is 13.1. The first-order valence-corrected chi connectivity index (χ1v) is 3.76. The number of halogens is 1. The van der Waals surface area contributed by atoms with Crippen LogP contribution in [-0.4, -0.2) is 29.8 Å². The Hall–Kier alpha value is -0.640. The molecular weight excluding hydrogens is 149 g/mol. The van der Waals surface area contributed by atoms with Crippen LogP contribution < -0.4 is 5.32 Å². The summed E-state index contributed by atoms with van der Waals surface area (Å²) in [6.07, 6.45) is 0.0515. The molecule has 1 amide bonds. The van der Waals surface area contributed by atoms with Crippen LogP contribution in [0.3, 0.4) is 0 Å². The van der Waals surface area contributed by atoms with Gasteiger partial charge in [0.25, 0.3) is 5.91 Å². The number of amides is 1. The van der Waals surface area contributed by atoms with Gasteiger partial charge in [-0.05, 0) is 12.8 Å². The molecule has 1 saturated carbocycles. The number of alkyl halides is 1. The number of aliphatic hydroxyl groups excluding tert-OH is 1. The van der Waals surface area contributed by atoms with Gasteiger partial charge in [0.05, 0.1) is 12.6 Å². The molecule has 1 aliphatic carbocycles. The van der Waals surface area contributed by atoms with E-state index in [1.54, 1.807) is 0 Å². The highest BCUT2D eigenvalue weighted by Crippen LogP contribution is 2.55. The zero-order chi connectivity index (χ0) is 8.06. The summed E-state index contributed by atoms with van der Waals surface area (Å²) in [5.41, 5.74) is -0.536. The monoisotopic (exact) mass is 159 g/mol. The van der Waals surface area contributed by atoms with Crippen LogP contribution in [0.1, 0.15) is 12.8 Å². The summed E-state index contributed by atoms with van der Waals surface area (Å²) >= 11 is 0. The Balaban J connectivity index is 2.21. The van der Waals surface area contributed by atoms with Crippen LogP contribution in [0.15, 0.2) is 0 Å². The minimum Gasteiger partial charge on any atom is -0.394 e. The van der Waals surface area contributed by atoms with E-state index in [2.05, 4.69) is 5.32 Å². The van der Waals surface area contributed by atoms with Gasteiger partial charge in [-0.3, -0.25) is 4.79 Å². The molecule has 2 aliphatic rings. The van der Waals surface area contributed by atoms with E-state index in [4.69, 9.17) is 5.11 Å². The third-order valence-electron chi connectivity index (χ3n) is 2.76. The molecule has 0 aromatic rings. The van der Waals surface area contributed by atoms with Gasteiger partial charge in [0.1, 0.15) is 0 Å². The highest BCUT2D eigenvalue weighted by Gasteiger charge is 2.63. The number of hydrogen-bond acceptors (Lipinski definition) is 2. The number of aliphatic hydroxyl groups is 1. The molecular formula is C7H10FNO2. The predicted octanol–water partition coefficient (Wildman–Crippen LogP) is -0.405. The summed E-state index contributed by atoms with van der Waals surface area (Å²) in [5.74, 6) is -0.554. The van der Waals surface area contributed by atoms with Crippen molar-refractivity contribution in [2.24, 2.45) is 5.41 Å². The summed E-state index contributed by atoms with van der Waals surface area (Å²) < 4.78 is 13.1. The van der Waals surface area contributed by atoms with Gasteiger partial charge in [-0.2, -0.15) is 0 Å². The van der Waals surface area contributed by atoms with Crippen LogP contribution in [0.25, 0.3) is 0 Å². The van der Waals surface area contributed by atoms with Crippen molar-refractivity contribution in [3.8, 4) is 0 Å². The fourth-order valence-corrected chi connectivity index (χ4v) is 1.80. The Bertz CT molecular complexity index is 203. The predicted molar refractivity (Wildman–Crippen MR) is 35.6 cm³/mol. The molecule has 1 aliphatic heterocycles. The molecule has 4 heteroatoms. The molecule has 0 bridgehead atoms. The van der Waals surface area contributed by atoms with Crippen LogP contribution in [0, 0.1) is 5.41 Å². The Kier molecular flexibility index (Phi) is 1.24. The smallest absolute Gasteiger partial charge is 0.255 e. The molecule has 62 valence electrons. The first-order valence-electron chi connectivity index (χ1n) is 3.76. The number of carbonyl (C=O) groups excluding carboxylic acids is 1. The average Bonchev–Trinajstić information content (AvgIpc) is 2.74. The summed E-state index contributed by atoms with van der Waals surface area (Å²) in [5, 5.41) is 11.2. The Morgan fingerprint density at radius 2 is 2.36 bits per heavy atom. The number of carbonyl (C=O) groups is 1. The SMILES string of the molecule is O=C1NC(CO)C2(CC2)[C@@H]1F. The van der Waals surface area contributed by atoms with Gasteiger partial charge in [-0.15, -0.1) is 0 Å². The highest BCUT2D eigenvalue weighted by atomic mass is 19.1.